The van der Waals surface area contributed by atoms with Crippen LogP contribution in [0.4, 0.5) is 10.1 Å². The molecule has 0 aromatic heterocycles. The molecule has 0 amide bonds. The summed E-state index contributed by atoms with van der Waals surface area (Å²) in [6.07, 6.45) is 0. The number of para-hydroxylation sites is 1. The maximum Gasteiger partial charge on any atom is 0.146 e. The van der Waals surface area contributed by atoms with Gasteiger partial charge in [0.25, 0.3) is 0 Å². The van der Waals surface area contributed by atoms with Crippen molar-refractivity contribution >= 4 is 17.3 Å². The Balaban J connectivity index is 2.29. The number of halogens is 2. The Hall–Kier alpha value is -1.58. The van der Waals surface area contributed by atoms with Gasteiger partial charge < -0.3 is 10.6 Å². The zero-order valence-corrected chi connectivity index (χ0v) is 12.4. The molecule has 0 bridgehead atoms. The third-order valence-corrected chi connectivity index (χ3v) is 3.48. The van der Waals surface area contributed by atoms with Crippen molar-refractivity contribution < 1.29 is 4.39 Å². The van der Waals surface area contributed by atoms with Crippen molar-refractivity contribution in [2.75, 3.05) is 11.9 Å². The highest BCUT2D eigenvalue weighted by atomic mass is 35.5. The Bertz CT molecular complexity index is 582. The van der Waals surface area contributed by atoms with Crippen LogP contribution < -0.4 is 10.6 Å². The lowest BCUT2D eigenvalue weighted by Gasteiger charge is -2.24. The van der Waals surface area contributed by atoms with Gasteiger partial charge in [-0.05, 0) is 36.2 Å². The number of nitrogens with zero attached hydrogens (tertiary/aromatic N) is 1. The van der Waals surface area contributed by atoms with Crippen LogP contribution in [0.25, 0.3) is 0 Å². The van der Waals surface area contributed by atoms with Gasteiger partial charge in [0, 0.05) is 24.7 Å². The van der Waals surface area contributed by atoms with Crippen LogP contribution in [-0.2, 0) is 6.54 Å². The van der Waals surface area contributed by atoms with Crippen LogP contribution in [0.1, 0.15) is 24.1 Å². The Morgan fingerprint density at radius 3 is 2.45 bits per heavy atom. The maximum atomic E-state index is 14.1. The molecule has 2 nitrogen and oxygen atoms in total. The van der Waals surface area contributed by atoms with Gasteiger partial charge in [0.2, 0.25) is 0 Å². The molecule has 2 rings (SSSR count). The lowest BCUT2D eigenvalue weighted by molar-refractivity contribution is 0.616. The molecule has 2 aromatic carbocycles. The molecule has 106 valence electrons. The van der Waals surface area contributed by atoms with E-state index in [1.165, 1.54) is 6.07 Å². The minimum absolute atomic E-state index is 0.214. The second-order valence-electron chi connectivity index (χ2n) is 4.95. The summed E-state index contributed by atoms with van der Waals surface area (Å²) in [5, 5.41) is 0.693. The molecule has 0 fully saturated rings. The zero-order chi connectivity index (χ0) is 14.7. The van der Waals surface area contributed by atoms with Crippen LogP contribution >= 0.6 is 11.6 Å². The first-order valence-corrected chi connectivity index (χ1v) is 6.86. The molecule has 4 heteroatoms. The minimum atomic E-state index is -0.253. The van der Waals surface area contributed by atoms with E-state index >= 15 is 0 Å². The fourth-order valence-electron chi connectivity index (χ4n) is 2.24. The van der Waals surface area contributed by atoms with Gasteiger partial charge in [-0.2, -0.15) is 0 Å². The van der Waals surface area contributed by atoms with Gasteiger partial charge in [0.1, 0.15) is 5.82 Å². The van der Waals surface area contributed by atoms with Gasteiger partial charge in [-0.1, -0.05) is 35.9 Å². The van der Waals surface area contributed by atoms with Crippen LogP contribution in [0.3, 0.4) is 0 Å². The van der Waals surface area contributed by atoms with Crippen LogP contribution in [0.5, 0.6) is 0 Å². The van der Waals surface area contributed by atoms with Gasteiger partial charge in [-0.3, -0.25) is 0 Å². The topological polar surface area (TPSA) is 29.3 Å². The predicted molar refractivity (Wildman–Crippen MR) is 82.6 cm³/mol. The summed E-state index contributed by atoms with van der Waals surface area (Å²) in [5.41, 5.74) is 8.35. The number of benzene rings is 2. The van der Waals surface area contributed by atoms with E-state index in [1.54, 1.807) is 6.07 Å². The van der Waals surface area contributed by atoms with Crippen molar-refractivity contribution in [1.82, 2.24) is 0 Å². The normalized spacial score (nSPS) is 12.2. The first kappa shape index (κ1) is 14.8. The van der Waals surface area contributed by atoms with Gasteiger partial charge in [-0.25, -0.2) is 4.39 Å². The van der Waals surface area contributed by atoms with Gasteiger partial charge >= 0.3 is 0 Å². The van der Waals surface area contributed by atoms with E-state index in [9.17, 15) is 4.39 Å². The molecule has 0 saturated carbocycles. The summed E-state index contributed by atoms with van der Waals surface area (Å²) in [6.45, 7) is 2.45. The fourth-order valence-corrected chi connectivity index (χ4v) is 2.37. The van der Waals surface area contributed by atoms with Crippen molar-refractivity contribution in [2.24, 2.45) is 5.73 Å². The molecule has 1 atom stereocenters. The van der Waals surface area contributed by atoms with Crippen LogP contribution in [0, 0.1) is 5.82 Å². The van der Waals surface area contributed by atoms with Crippen molar-refractivity contribution in [3.8, 4) is 0 Å². The van der Waals surface area contributed by atoms with E-state index in [4.69, 9.17) is 17.3 Å². The number of nitrogens with two attached hydrogens (primary N) is 1. The third kappa shape index (κ3) is 3.30. The van der Waals surface area contributed by atoms with E-state index in [2.05, 4.69) is 0 Å². The summed E-state index contributed by atoms with van der Waals surface area (Å²) in [5.74, 6) is -0.253. The van der Waals surface area contributed by atoms with Gasteiger partial charge in [0.15, 0.2) is 0 Å². The highest BCUT2D eigenvalue weighted by Gasteiger charge is 2.15. The standard InChI is InChI=1S/C16H18ClFN2/c1-11(19)14-4-3-5-15(18)16(14)20(2)10-12-6-8-13(17)9-7-12/h3-9,11H,10,19H2,1-2H3/t11-/m0/s1. The van der Waals surface area contributed by atoms with Crippen molar-refractivity contribution in [3.05, 3.63) is 64.4 Å². The molecule has 0 saturated heterocycles. The lowest BCUT2D eigenvalue weighted by Crippen LogP contribution is -2.21. The fraction of sp³-hybridized carbons (Fsp3) is 0.250. The Kier molecular flexibility index (Phi) is 4.63. The summed E-state index contributed by atoms with van der Waals surface area (Å²) in [4.78, 5) is 1.87. The molecule has 2 N–H and O–H groups in total. The zero-order valence-electron chi connectivity index (χ0n) is 11.6. The van der Waals surface area contributed by atoms with E-state index in [0.29, 0.717) is 17.3 Å². The second kappa shape index (κ2) is 6.25. The molecule has 20 heavy (non-hydrogen) atoms. The molecular formula is C16H18ClFN2. The van der Waals surface area contributed by atoms with E-state index in [-0.39, 0.29) is 11.9 Å². The van der Waals surface area contributed by atoms with E-state index in [0.717, 1.165) is 11.1 Å². The summed E-state index contributed by atoms with van der Waals surface area (Å²) >= 11 is 5.87. The smallest absolute Gasteiger partial charge is 0.146 e. The highest BCUT2D eigenvalue weighted by molar-refractivity contribution is 6.30. The first-order valence-electron chi connectivity index (χ1n) is 6.48. The van der Waals surface area contributed by atoms with E-state index in [1.807, 2.05) is 49.2 Å². The molecule has 2 aromatic rings. The predicted octanol–water partition coefficient (Wildman–Crippen LogP) is 4.14. The molecular weight excluding hydrogens is 275 g/mol. The largest absolute Gasteiger partial charge is 0.368 e. The molecule has 0 spiro atoms. The van der Waals surface area contributed by atoms with Crippen molar-refractivity contribution in [2.45, 2.75) is 19.5 Å². The second-order valence-corrected chi connectivity index (χ2v) is 5.39. The minimum Gasteiger partial charge on any atom is -0.368 e. The number of rotatable bonds is 4. The quantitative estimate of drug-likeness (QED) is 0.918. The molecule has 0 radical (unpaired) electrons. The average molecular weight is 293 g/mol. The molecule has 0 aliphatic carbocycles. The van der Waals surface area contributed by atoms with Crippen molar-refractivity contribution in [3.63, 3.8) is 0 Å². The van der Waals surface area contributed by atoms with Crippen LogP contribution in [0.2, 0.25) is 5.02 Å². The number of hydrogen-bond acceptors (Lipinski definition) is 2. The van der Waals surface area contributed by atoms with E-state index < -0.39 is 0 Å². The maximum absolute atomic E-state index is 14.1. The SMILES string of the molecule is C[C@H](N)c1cccc(F)c1N(C)Cc1ccc(Cl)cc1. The summed E-state index contributed by atoms with van der Waals surface area (Å²) < 4.78 is 14.1. The molecule has 0 aliphatic heterocycles. The average Bonchev–Trinajstić information content (AvgIpc) is 2.40. The lowest BCUT2D eigenvalue weighted by atomic mass is 10.0. The first-order chi connectivity index (χ1) is 9.49. The van der Waals surface area contributed by atoms with Crippen LogP contribution in [-0.4, -0.2) is 7.05 Å². The van der Waals surface area contributed by atoms with Crippen LogP contribution in [0.15, 0.2) is 42.5 Å². The highest BCUT2D eigenvalue weighted by Crippen LogP contribution is 2.28. The monoisotopic (exact) mass is 292 g/mol. The number of hydrogen-bond donors (Lipinski definition) is 1. The third-order valence-electron chi connectivity index (χ3n) is 3.22. The number of anilines is 1. The summed E-state index contributed by atoms with van der Waals surface area (Å²) in [6, 6.07) is 12.3. The molecule has 0 aliphatic rings. The summed E-state index contributed by atoms with van der Waals surface area (Å²) in [7, 11) is 1.86. The Labute approximate surface area is 124 Å². The Morgan fingerprint density at radius 1 is 1.20 bits per heavy atom. The Morgan fingerprint density at radius 2 is 1.85 bits per heavy atom. The van der Waals surface area contributed by atoms with Gasteiger partial charge in [-0.15, -0.1) is 0 Å². The van der Waals surface area contributed by atoms with Gasteiger partial charge in [0.05, 0.1) is 5.69 Å². The molecule has 0 heterocycles. The molecule has 0 unspecified atom stereocenters. The van der Waals surface area contributed by atoms with Crippen molar-refractivity contribution in [1.29, 1.82) is 0 Å².